The number of methoxy groups -OCH3 is 2. The Labute approximate surface area is 171 Å². The predicted octanol–water partition coefficient (Wildman–Crippen LogP) is 4.19. The summed E-state index contributed by atoms with van der Waals surface area (Å²) < 4.78 is 10.9. The van der Waals surface area contributed by atoms with E-state index in [1.807, 2.05) is 6.08 Å². The van der Waals surface area contributed by atoms with Crippen molar-refractivity contribution in [1.29, 1.82) is 0 Å². The van der Waals surface area contributed by atoms with Crippen LogP contribution in [-0.2, 0) is 13.0 Å². The van der Waals surface area contributed by atoms with Gasteiger partial charge in [0.25, 0.3) is 5.91 Å². The van der Waals surface area contributed by atoms with Gasteiger partial charge < -0.3 is 25.0 Å². The van der Waals surface area contributed by atoms with Crippen LogP contribution < -0.4 is 14.8 Å². The fourth-order valence-electron chi connectivity index (χ4n) is 3.11. The maximum Gasteiger partial charge on any atom is 0.255 e. The minimum absolute atomic E-state index is 0.0373. The topological polar surface area (TPSA) is 88.0 Å². The van der Waals surface area contributed by atoms with Gasteiger partial charge in [0.1, 0.15) is 23.0 Å². The van der Waals surface area contributed by atoms with E-state index in [2.05, 4.69) is 18.8 Å². The van der Waals surface area contributed by atoms with Crippen molar-refractivity contribution in [2.45, 2.75) is 32.7 Å². The maximum absolute atomic E-state index is 12.8. The summed E-state index contributed by atoms with van der Waals surface area (Å²) in [6, 6.07) is 7.77. The molecule has 1 atom stereocenters. The van der Waals surface area contributed by atoms with Crippen LogP contribution in [0.15, 0.2) is 43.0 Å². The van der Waals surface area contributed by atoms with E-state index in [-0.39, 0.29) is 24.0 Å². The summed E-state index contributed by atoms with van der Waals surface area (Å²) in [5, 5.41) is 22.1. The van der Waals surface area contributed by atoms with Crippen LogP contribution in [0, 0.1) is 5.92 Å². The first-order chi connectivity index (χ1) is 13.9. The molecule has 0 fully saturated rings. The number of allylic oxidation sites excluding steroid dienone is 1. The third-order valence-corrected chi connectivity index (χ3v) is 4.83. The largest absolute Gasteiger partial charge is 0.508 e. The third kappa shape index (κ3) is 5.91. The second-order valence-corrected chi connectivity index (χ2v) is 7.03. The van der Waals surface area contributed by atoms with Gasteiger partial charge in [0.05, 0.1) is 19.8 Å². The minimum atomic E-state index is -0.322. The normalized spacial score (nSPS) is 11.6. The molecule has 0 aliphatic heterocycles. The molecule has 0 spiro atoms. The summed E-state index contributed by atoms with van der Waals surface area (Å²) in [7, 11) is 3.10. The summed E-state index contributed by atoms with van der Waals surface area (Å²) >= 11 is 0. The number of carbonyl (C=O) groups excluding carboxylic acids is 1. The van der Waals surface area contributed by atoms with Crippen LogP contribution in [-0.4, -0.2) is 30.3 Å². The highest BCUT2D eigenvalue weighted by atomic mass is 16.5. The van der Waals surface area contributed by atoms with E-state index >= 15 is 0 Å². The average molecular weight is 399 g/mol. The van der Waals surface area contributed by atoms with Crippen molar-refractivity contribution in [3.63, 3.8) is 0 Å². The summed E-state index contributed by atoms with van der Waals surface area (Å²) in [5.41, 5.74) is 1.84. The number of aromatic hydroxyl groups is 2. The predicted molar refractivity (Wildman–Crippen MR) is 113 cm³/mol. The van der Waals surface area contributed by atoms with E-state index in [4.69, 9.17) is 9.47 Å². The van der Waals surface area contributed by atoms with E-state index in [9.17, 15) is 15.0 Å². The van der Waals surface area contributed by atoms with E-state index in [0.717, 1.165) is 24.8 Å². The van der Waals surface area contributed by atoms with Gasteiger partial charge >= 0.3 is 0 Å². The fraction of sp³-hybridized carbons (Fsp3) is 0.348. The van der Waals surface area contributed by atoms with Crippen LogP contribution in [0.25, 0.3) is 0 Å². The van der Waals surface area contributed by atoms with Gasteiger partial charge in [-0.15, -0.1) is 6.58 Å². The molecule has 1 amide bonds. The monoisotopic (exact) mass is 399 g/mol. The lowest BCUT2D eigenvalue weighted by molar-refractivity contribution is 0.0947. The van der Waals surface area contributed by atoms with Crippen LogP contribution in [0.1, 0.15) is 41.3 Å². The number of phenols is 2. The maximum atomic E-state index is 12.8. The van der Waals surface area contributed by atoms with Gasteiger partial charge in [0.2, 0.25) is 0 Å². The first-order valence-electron chi connectivity index (χ1n) is 9.54. The standard InChI is InChI=1S/C23H29NO5/c1-5-6-15(2)7-8-16-11-19(22(29-4)13-21(16)28-3)23(27)24-14-17-9-10-18(25)12-20(17)26/h5,9-13,15,25-26H,1,6-8,14H2,2-4H3,(H,24,27). The Morgan fingerprint density at radius 3 is 2.48 bits per heavy atom. The molecule has 0 aliphatic carbocycles. The number of rotatable bonds is 10. The zero-order valence-electron chi connectivity index (χ0n) is 17.2. The number of hydrogen-bond acceptors (Lipinski definition) is 5. The van der Waals surface area contributed by atoms with E-state index in [0.29, 0.717) is 28.5 Å². The number of aryl methyl sites for hydroxylation is 1. The van der Waals surface area contributed by atoms with Crippen LogP contribution in [0.4, 0.5) is 0 Å². The summed E-state index contributed by atoms with van der Waals surface area (Å²) in [5.74, 6) is 1.14. The van der Waals surface area contributed by atoms with Gasteiger partial charge in [-0.05, 0) is 48.9 Å². The molecule has 1 unspecified atom stereocenters. The lowest BCUT2D eigenvalue weighted by Gasteiger charge is -2.16. The first kappa shape index (κ1) is 22.1. The Morgan fingerprint density at radius 1 is 1.14 bits per heavy atom. The molecule has 3 N–H and O–H groups in total. The Morgan fingerprint density at radius 2 is 1.86 bits per heavy atom. The molecule has 2 rings (SSSR count). The first-order valence-corrected chi connectivity index (χ1v) is 9.54. The SMILES string of the molecule is C=CCC(C)CCc1cc(C(=O)NCc2ccc(O)cc2O)c(OC)cc1OC. The van der Waals surface area contributed by atoms with Crippen molar-refractivity contribution in [1.82, 2.24) is 5.32 Å². The number of amides is 1. The Kier molecular flexibility index (Phi) is 7.95. The number of phenolic OH excluding ortho intramolecular Hbond substituents is 2. The average Bonchev–Trinajstić information content (AvgIpc) is 2.70. The molecule has 2 aromatic rings. The highest BCUT2D eigenvalue weighted by Gasteiger charge is 2.18. The second kappa shape index (κ2) is 10.4. The van der Waals surface area contributed by atoms with Gasteiger partial charge in [-0.1, -0.05) is 13.0 Å². The lowest BCUT2D eigenvalue weighted by Crippen LogP contribution is -2.23. The van der Waals surface area contributed by atoms with Gasteiger partial charge in [-0.2, -0.15) is 0 Å². The van der Waals surface area contributed by atoms with Gasteiger partial charge in [-0.25, -0.2) is 0 Å². The molecule has 29 heavy (non-hydrogen) atoms. The molecular weight excluding hydrogens is 370 g/mol. The number of hydrogen-bond donors (Lipinski definition) is 3. The molecule has 0 saturated carbocycles. The molecule has 0 bridgehead atoms. The Hall–Kier alpha value is -3.15. The zero-order valence-corrected chi connectivity index (χ0v) is 17.2. The van der Waals surface area contributed by atoms with E-state index in [1.54, 1.807) is 25.3 Å². The summed E-state index contributed by atoms with van der Waals surface area (Å²) in [6.07, 6.45) is 4.55. The minimum Gasteiger partial charge on any atom is -0.508 e. The highest BCUT2D eigenvalue weighted by molar-refractivity contribution is 5.97. The van der Waals surface area contributed by atoms with E-state index in [1.165, 1.54) is 19.2 Å². The van der Waals surface area contributed by atoms with Gasteiger partial charge in [-0.3, -0.25) is 4.79 Å². The Bertz CT molecular complexity index is 863. The molecule has 0 aliphatic rings. The highest BCUT2D eigenvalue weighted by Crippen LogP contribution is 2.31. The van der Waals surface area contributed by atoms with Crippen molar-refractivity contribution in [3.8, 4) is 23.0 Å². The lowest BCUT2D eigenvalue weighted by atomic mass is 9.96. The fourth-order valence-corrected chi connectivity index (χ4v) is 3.11. The van der Waals surface area contributed by atoms with Crippen molar-refractivity contribution in [3.05, 3.63) is 59.7 Å². The summed E-state index contributed by atoms with van der Waals surface area (Å²) in [4.78, 5) is 12.8. The molecule has 2 aromatic carbocycles. The van der Waals surface area contributed by atoms with E-state index < -0.39 is 0 Å². The molecular formula is C23H29NO5. The second-order valence-electron chi connectivity index (χ2n) is 7.03. The van der Waals surface area contributed by atoms with Gasteiger partial charge in [0.15, 0.2) is 0 Å². The zero-order chi connectivity index (χ0) is 21.4. The van der Waals surface area contributed by atoms with Crippen LogP contribution in [0.5, 0.6) is 23.0 Å². The van der Waals surface area contributed by atoms with Crippen LogP contribution in [0.3, 0.4) is 0 Å². The third-order valence-electron chi connectivity index (χ3n) is 4.83. The van der Waals surface area contributed by atoms with Crippen molar-refractivity contribution in [2.24, 2.45) is 5.92 Å². The molecule has 0 heterocycles. The smallest absolute Gasteiger partial charge is 0.255 e. The molecule has 6 heteroatoms. The van der Waals surface area contributed by atoms with Crippen LogP contribution in [0.2, 0.25) is 0 Å². The molecule has 156 valence electrons. The van der Waals surface area contributed by atoms with Gasteiger partial charge in [0, 0.05) is 24.2 Å². The number of carbonyl (C=O) groups is 1. The quantitative estimate of drug-likeness (QED) is 0.522. The van der Waals surface area contributed by atoms with Crippen LogP contribution >= 0.6 is 0 Å². The van der Waals surface area contributed by atoms with Crippen molar-refractivity contribution < 1.29 is 24.5 Å². The molecule has 0 aromatic heterocycles. The molecule has 6 nitrogen and oxygen atoms in total. The summed E-state index contributed by atoms with van der Waals surface area (Å²) in [6.45, 7) is 6.06. The molecule has 0 saturated heterocycles. The van der Waals surface area contributed by atoms with Crippen molar-refractivity contribution >= 4 is 5.91 Å². The van der Waals surface area contributed by atoms with Crippen molar-refractivity contribution in [2.75, 3.05) is 14.2 Å². The number of nitrogens with one attached hydrogen (secondary N) is 1. The number of benzene rings is 2. The number of ether oxygens (including phenoxy) is 2. The Balaban J connectivity index is 2.21. The molecule has 0 radical (unpaired) electrons.